The molecule has 0 aliphatic carbocycles. The van der Waals surface area contributed by atoms with Crippen molar-refractivity contribution in [2.45, 2.75) is 19.4 Å². The van der Waals surface area contributed by atoms with Crippen molar-refractivity contribution in [2.75, 3.05) is 25.6 Å². The molecule has 0 atom stereocenters. The topological polar surface area (TPSA) is 128 Å². The normalized spacial score (nSPS) is 13.1. The Hall–Kier alpha value is -3.95. The summed E-state index contributed by atoms with van der Waals surface area (Å²) in [5.74, 6) is -1.06. The fourth-order valence-corrected chi connectivity index (χ4v) is 3.14. The summed E-state index contributed by atoms with van der Waals surface area (Å²) >= 11 is 0. The molecule has 1 fully saturated rings. The number of carbonyl (C=O) groups excluding carboxylic acids is 3. The number of likely N-dealkylation sites (tertiary alicyclic amines) is 1. The minimum absolute atomic E-state index is 0.112. The van der Waals surface area contributed by atoms with Gasteiger partial charge in [-0.3, -0.25) is 19.7 Å². The van der Waals surface area contributed by atoms with Crippen LogP contribution in [0.25, 0.3) is 0 Å². The Kier molecular flexibility index (Phi) is 6.81. The van der Waals surface area contributed by atoms with Crippen LogP contribution >= 0.6 is 0 Å². The van der Waals surface area contributed by atoms with E-state index in [4.69, 9.17) is 9.47 Å². The molecule has 10 nitrogen and oxygen atoms in total. The maximum Gasteiger partial charge on any atom is 0.338 e. The van der Waals surface area contributed by atoms with Gasteiger partial charge >= 0.3 is 5.97 Å². The molecule has 1 N–H and O–H groups in total. The van der Waals surface area contributed by atoms with Gasteiger partial charge in [0.05, 0.1) is 29.4 Å². The first-order valence-corrected chi connectivity index (χ1v) is 9.53. The van der Waals surface area contributed by atoms with Crippen molar-refractivity contribution in [3.8, 4) is 5.75 Å². The molecule has 1 heterocycles. The first-order valence-electron chi connectivity index (χ1n) is 9.53. The Morgan fingerprint density at radius 1 is 1.19 bits per heavy atom. The quantitative estimate of drug-likeness (QED) is 0.389. The molecule has 2 aromatic rings. The molecule has 0 bridgehead atoms. The summed E-state index contributed by atoms with van der Waals surface area (Å²) in [6.07, 6.45) is 1.43. The third-order valence-electron chi connectivity index (χ3n) is 4.74. The third-order valence-corrected chi connectivity index (χ3v) is 4.74. The number of nitrogens with zero attached hydrogens (tertiary/aromatic N) is 2. The van der Waals surface area contributed by atoms with E-state index in [0.29, 0.717) is 13.0 Å². The van der Waals surface area contributed by atoms with E-state index in [0.717, 1.165) is 18.5 Å². The average molecular weight is 427 g/mol. The van der Waals surface area contributed by atoms with Crippen LogP contribution < -0.4 is 10.1 Å². The van der Waals surface area contributed by atoms with Crippen LogP contribution in [0, 0.1) is 10.1 Å². The minimum Gasteiger partial charge on any atom is -0.494 e. The van der Waals surface area contributed by atoms with Crippen molar-refractivity contribution in [2.24, 2.45) is 0 Å². The number of anilines is 1. The number of methoxy groups -OCH3 is 1. The monoisotopic (exact) mass is 427 g/mol. The fraction of sp³-hybridized carbons (Fsp3) is 0.286. The minimum atomic E-state index is -0.672. The lowest BCUT2D eigenvalue weighted by atomic mass is 10.1. The van der Waals surface area contributed by atoms with Crippen molar-refractivity contribution in [3.05, 3.63) is 63.7 Å². The molecule has 2 aromatic carbocycles. The number of nitrogens with one attached hydrogen (secondary N) is 1. The van der Waals surface area contributed by atoms with Crippen LogP contribution in [-0.2, 0) is 20.9 Å². The number of nitro groups is 1. The zero-order valence-corrected chi connectivity index (χ0v) is 16.8. The number of ether oxygens (including phenoxy) is 2. The van der Waals surface area contributed by atoms with Gasteiger partial charge in [0.2, 0.25) is 5.91 Å². The number of non-ortho nitro benzene ring substituents is 1. The van der Waals surface area contributed by atoms with Crippen molar-refractivity contribution in [3.63, 3.8) is 0 Å². The molecule has 31 heavy (non-hydrogen) atoms. The predicted molar refractivity (Wildman–Crippen MR) is 110 cm³/mol. The molecule has 162 valence electrons. The fourth-order valence-electron chi connectivity index (χ4n) is 3.14. The summed E-state index contributed by atoms with van der Waals surface area (Å²) in [5.41, 5.74) is 1.21. The smallest absolute Gasteiger partial charge is 0.338 e. The van der Waals surface area contributed by atoms with Crippen LogP contribution in [0.15, 0.2) is 42.5 Å². The molecule has 0 radical (unpaired) electrons. The number of rotatable bonds is 8. The van der Waals surface area contributed by atoms with E-state index in [-0.39, 0.29) is 28.6 Å². The molecule has 2 amide bonds. The molecule has 1 saturated heterocycles. The zero-order valence-electron chi connectivity index (χ0n) is 16.8. The van der Waals surface area contributed by atoms with Crippen molar-refractivity contribution in [1.29, 1.82) is 0 Å². The van der Waals surface area contributed by atoms with Gasteiger partial charge in [-0.1, -0.05) is 12.1 Å². The second-order valence-electron chi connectivity index (χ2n) is 6.88. The van der Waals surface area contributed by atoms with Gasteiger partial charge in [-0.15, -0.1) is 0 Å². The average Bonchev–Trinajstić information content (AvgIpc) is 3.17. The maximum absolute atomic E-state index is 12.2. The second-order valence-corrected chi connectivity index (χ2v) is 6.88. The largest absolute Gasteiger partial charge is 0.494 e. The van der Waals surface area contributed by atoms with E-state index in [1.807, 2.05) is 0 Å². The molecule has 0 spiro atoms. The highest BCUT2D eigenvalue weighted by Crippen LogP contribution is 2.28. The molecule has 0 saturated carbocycles. The number of carbonyl (C=O) groups is 3. The summed E-state index contributed by atoms with van der Waals surface area (Å²) in [5, 5.41) is 13.3. The second kappa shape index (κ2) is 9.70. The van der Waals surface area contributed by atoms with Crippen LogP contribution in [0.1, 0.15) is 28.8 Å². The van der Waals surface area contributed by atoms with Crippen LogP contribution in [0.2, 0.25) is 0 Å². The summed E-state index contributed by atoms with van der Waals surface area (Å²) < 4.78 is 10.1. The van der Waals surface area contributed by atoms with Gasteiger partial charge in [0.1, 0.15) is 5.75 Å². The standard InChI is InChI=1S/C21H21N3O7/c1-30-18-11-16(24(28)29)8-9-17(18)22-19(25)13-31-21(27)15-6-4-14(5-7-15)12-23-10-2-3-20(23)26/h4-9,11H,2-3,10,12-13H2,1H3,(H,22,25). The molecule has 1 aliphatic rings. The van der Waals surface area contributed by atoms with E-state index in [1.54, 1.807) is 29.2 Å². The summed E-state index contributed by atoms with van der Waals surface area (Å²) in [4.78, 5) is 48.0. The van der Waals surface area contributed by atoms with Gasteiger partial charge in [-0.25, -0.2) is 4.79 Å². The Morgan fingerprint density at radius 2 is 1.94 bits per heavy atom. The number of amides is 2. The molecular weight excluding hydrogens is 406 g/mol. The van der Waals surface area contributed by atoms with E-state index >= 15 is 0 Å². The van der Waals surface area contributed by atoms with E-state index in [1.165, 1.54) is 25.3 Å². The van der Waals surface area contributed by atoms with Gasteiger partial charge in [-0.05, 0) is 30.2 Å². The van der Waals surface area contributed by atoms with Crippen LogP contribution in [0.4, 0.5) is 11.4 Å². The van der Waals surface area contributed by atoms with Crippen molar-refractivity contribution < 1.29 is 28.8 Å². The molecule has 0 unspecified atom stereocenters. The van der Waals surface area contributed by atoms with Crippen molar-refractivity contribution in [1.82, 2.24) is 4.90 Å². The Balaban J connectivity index is 1.52. The summed E-state index contributed by atoms with van der Waals surface area (Å²) in [7, 11) is 1.32. The highest BCUT2D eigenvalue weighted by atomic mass is 16.6. The maximum atomic E-state index is 12.2. The lowest BCUT2D eigenvalue weighted by Crippen LogP contribution is -2.23. The van der Waals surface area contributed by atoms with E-state index < -0.39 is 23.4 Å². The van der Waals surface area contributed by atoms with Crippen LogP contribution in [0.5, 0.6) is 5.75 Å². The third kappa shape index (κ3) is 5.56. The SMILES string of the molecule is COc1cc([N+](=O)[O-])ccc1NC(=O)COC(=O)c1ccc(CN2CCCC2=O)cc1. The Morgan fingerprint density at radius 3 is 2.55 bits per heavy atom. The Bertz CT molecular complexity index is 1000. The van der Waals surface area contributed by atoms with Gasteiger partial charge in [0, 0.05) is 25.6 Å². The molecule has 3 rings (SSSR count). The lowest BCUT2D eigenvalue weighted by molar-refractivity contribution is -0.384. The summed E-state index contributed by atoms with van der Waals surface area (Å²) in [6.45, 7) is 0.688. The number of hydrogen-bond donors (Lipinski definition) is 1. The van der Waals surface area contributed by atoms with E-state index in [9.17, 15) is 24.5 Å². The van der Waals surface area contributed by atoms with Gasteiger partial charge < -0.3 is 19.7 Å². The first kappa shape index (κ1) is 21.8. The van der Waals surface area contributed by atoms with Gasteiger partial charge in [0.25, 0.3) is 11.6 Å². The van der Waals surface area contributed by atoms with Crippen LogP contribution in [0.3, 0.4) is 0 Å². The first-order chi connectivity index (χ1) is 14.9. The van der Waals surface area contributed by atoms with E-state index in [2.05, 4.69) is 5.32 Å². The Labute approximate surface area is 177 Å². The summed E-state index contributed by atoms with van der Waals surface area (Å²) in [6, 6.07) is 10.4. The molecule has 1 aliphatic heterocycles. The number of nitro benzene ring substituents is 1. The van der Waals surface area contributed by atoms with Gasteiger partial charge in [0.15, 0.2) is 6.61 Å². The van der Waals surface area contributed by atoms with Gasteiger partial charge in [-0.2, -0.15) is 0 Å². The molecular formula is C21H21N3O7. The number of benzene rings is 2. The lowest BCUT2D eigenvalue weighted by Gasteiger charge is -2.15. The molecule has 0 aromatic heterocycles. The van der Waals surface area contributed by atoms with Crippen LogP contribution in [-0.4, -0.2) is 47.9 Å². The number of hydrogen-bond acceptors (Lipinski definition) is 7. The predicted octanol–water partition coefficient (Wildman–Crippen LogP) is 2.52. The molecule has 10 heteroatoms. The number of esters is 1. The highest BCUT2D eigenvalue weighted by Gasteiger charge is 2.20. The van der Waals surface area contributed by atoms with Crippen molar-refractivity contribution >= 4 is 29.2 Å². The zero-order chi connectivity index (χ0) is 22.4. The highest BCUT2D eigenvalue weighted by molar-refractivity contribution is 5.96.